The maximum absolute atomic E-state index is 5.63. The van der Waals surface area contributed by atoms with Gasteiger partial charge >= 0.3 is 0 Å². The number of aromatic nitrogens is 1. The monoisotopic (exact) mass is 221 g/mol. The second-order valence-corrected chi connectivity index (χ2v) is 4.11. The quantitative estimate of drug-likeness (QED) is 0.825. The molecular formula is C12H19N3O. The Bertz CT molecular complexity index is 343. The molecule has 1 aliphatic heterocycles. The predicted octanol–water partition coefficient (Wildman–Crippen LogP) is 1.74. The lowest BCUT2D eigenvalue weighted by molar-refractivity contribution is 0.0820. The van der Waals surface area contributed by atoms with Crippen molar-refractivity contribution in [2.45, 2.75) is 19.4 Å². The van der Waals surface area contributed by atoms with E-state index in [1.165, 1.54) is 0 Å². The fraction of sp³-hybridized carbons (Fsp3) is 0.583. The second-order valence-electron chi connectivity index (χ2n) is 4.11. The largest absolute Gasteiger partial charge is 0.377 e. The third-order valence-corrected chi connectivity index (χ3v) is 2.77. The number of pyridine rings is 1. The van der Waals surface area contributed by atoms with Gasteiger partial charge in [-0.25, -0.2) is 4.98 Å². The lowest BCUT2D eigenvalue weighted by Gasteiger charge is -2.23. The highest BCUT2D eigenvalue weighted by Gasteiger charge is 2.16. The van der Waals surface area contributed by atoms with E-state index in [4.69, 9.17) is 4.74 Å². The van der Waals surface area contributed by atoms with Gasteiger partial charge in [0.1, 0.15) is 11.6 Å². The van der Waals surface area contributed by atoms with Crippen molar-refractivity contribution < 1.29 is 4.74 Å². The smallest absolute Gasteiger partial charge is 0.131 e. The van der Waals surface area contributed by atoms with Gasteiger partial charge in [-0.1, -0.05) is 6.07 Å². The number of rotatable bonds is 2. The van der Waals surface area contributed by atoms with Gasteiger partial charge in [0, 0.05) is 26.7 Å². The first-order valence-corrected chi connectivity index (χ1v) is 5.81. The topological polar surface area (TPSA) is 37.4 Å². The minimum absolute atomic E-state index is 0.280. The Balaban J connectivity index is 2.14. The van der Waals surface area contributed by atoms with Crippen molar-refractivity contribution in [2.75, 3.05) is 37.0 Å². The molecule has 0 amide bonds. The first-order chi connectivity index (χ1) is 7.79. The Kier molecular flexibility index (Phi) is 3.62. The van der Waals surface area contributed by atoms with Crippen LogP contribution in [0.15, 0.2) is 18.2 Å². The van der Waals surface area contributed by atoms with Gasteiger partial charge in [0.05, 0.1) is 6.10 Å². The molecule has 0 radical (unpaired) electrons. The molecule has 2 rings (SSSR count). The fourth-order valence-corrected chi connectivity index (χ4v) is 1.94. The molecule has 1 aliphatic rings. The summed E-state index contributed by atoms with van der Waals surface area (Å²) in [6.45, 7) is 4.90. The number of ether oxygens (including phenoxy) is 1. The minimum atomic E-state index is 0.280. The highest BCUT2D eigenvalue weighted by Crippen LogP contribution is 2.17. The summed E-state index contributed by atoms with van der Waals surface area (Å²) in [6.07, 6.45) is 1.35. The Morgan fingerprint density at radius 2 is 2.38 bits per heavy atom. The number of hydrogen-bond donors (Lipinski definition) is 1. The third-order valence-electron chi connectivity index (χ3n) is 2.77. The average molecular weight is 221 g/mol. The third kappa shape index (κ3) is 2.64. The summed E-state index contributed by atoms with van der Waals surface area (Å²) < 4.78 is 5.63. The molecule has 4 heteroatoms. The number of hydrogen-bond acceptors (Lipinski definition) is 4. The van der Waals surface area contributed by atoms with Crippen LogP contribution in [0, 0.1) is 0 Å². The Hall–Kier alpha value is -1.29. The highest BCUT2D eigenvalue weighted by atomic mass is 16.5. The Labute approximate surface area is 96.6 Å². The summed E-state index contributed by atoms with van der Waals surface area (Å²) in [6, 6.07) is 6.06. The molecule has 0 spiro atoms. The maximum Gasteiger partial charge on any atom is 0.131 e. The van der Waals surface area contributed by atoms with Gasteiger partial charge < -0.3 is 15.0 Å². The molecule has 1 fully saturated rings. The first-order valence-electron chi connectivity index (χ1n) is 5.81. The summed E-state index contributed by atoms with van der Waals surface area (Å²) >= 11 is 0. The van der Waals surface area contributed by atoms with Crippen LogP contribution in [0.3, 0.4) is 0 Å². The molecule has 1 aromatic rings. The number of anilines is 2. The summed E-state index contributed by atoms with van der Waals surface area (Å²) in [5.41, 5.74) is 0. The van der Waals surface area contributed by atoms with E-state index in [-0.39, 0.29) is 6.10 Å². The van der Waals surface area contributed by atoms with Crippen LogP contribution in [-0.2, 0) is 4.74 Å². The molecule has 0 saturated carbocycles. The molecule has 0 bridgehead atoms. The van der Waals surface area contributed by atoms with Gasteiger partial charge in [0.15, 0.2) is 0 Å². The molecule has 1 N–H and O–H groups in total. The molecule has 1 unspecified atom stereocenters. The van der Waals surface area contributed by atoms with E-state index >= 15 is 0 Å². The number of nitrogens with one attached hydrogen (secondary N) is 1. The van der Waals surface area contributed by atoms with Crippen LogP contribution in [0.25, 0.3) is 0 Å². The molecule has 0 aliphatic carbocycles. The molecule has 1 aromatic heterocycles. The van der Waals surface area contributed by atoms with Gasteiger partial charge in [-0.15, -0.1) is 0 Å². The highest BCUT2D eigenvalue weighted by molar-refractivity contribution is 5.46. The predicted molar refractivity (Wildman–Crippen MR) is 66.0 cm³/mol. The van der Waals surface area contributed by atoms with Gasteiger partial charge in [-0.3, -0.25) is 0 Å². The average Bonchev–Trinajstić information content (AvgIpc) is 2.54. The normalized spacial score (nSPS) is 21.6. The number of nitrogens with zero attached hydrogens (tertiary/aromatic N) is 2. The van der Waals surface area contributed by atoms with E-state index < -0.39 is 0 Å². The van der Waals surface area contributed by atoms with Crippen molar-refractivity contribution in [2.24, 2.45) is 0 Å². The standard InChI is InChI=1S/C12H19N3O/c1-10-9-15(7-4-8-16-10)12-6-3-5-11(13-2)14-12/h3,5-6,10H,4,7-9H2,1-2H3,(H,13,14). The van der Waals surface area contributed by atoms with Crippen LogP contribution in [-0.4, -0.2) is 37.8 Å². The van der Waals surface area contributed by atoms with Crippen molar-refractivity contribution in [1.29, 1.82) is 0 Å². The maximum atomic E-state index is 5.63. The summed E-state index contributed by atoms with van der Waals surface area (Å²) in [5.74, 6) is 1.94. The molecule has 16 heavy (non-hydrogen) atoms. The zero-order valence-electron chi connectivity index (χ0n) is 9.94. The van der Waals surface area contributed by atoms with Crippen LogP contribution >= 0.6 is 0 Å². The molecule has 2 heterocycles. The van der Waals surface area contributed by atoms with Crippen molar-refractivity contribution in [3.05, 3.63) is 18.2 Å². The van der Waals surface area contributed by atoms with Crippen molar-refractivity contribution in [3.8, 4) is 0 Å². The van der Waals surface area contributed by atoms with E-state index in [0.717, 1.165) is 37.8 Å². The zero-order chi connectivity index (χ0) is 11.4. The van der Waals surface area contributed by atoms with Gasteiger partial charge in [-0.2, -0.15) is 0 Å². The van der Waals surface area contributed by atoms with Crippen LogP contribution < -0.4 is 10.2 Å². The van der Waals surface area contributed by atoms with E-state index in [0.29, 0.717) is 0 Å². The lowest BCUT2D eigenvalue weighted by Crippen LogP contribution is -2.30. The molecular weight excluding hydrogens is 202 g/mol. The van der Waals surface area contributed by atoms with Crippen molar-refractivity contribution >= 4 is 11.6 Å². The van der Waals surface area contributed by atoms with Crippen molar-refractivity contribution in [3.63, 3.8) is 0 Å². The van der Waals surface area contributed by atoms with Crippen molar-refractivity contribution in [1.82, 2.24) is 4.98 Å². The molecule has 0 aromatic carbocycles. The molecule has 1 saturated heterocycles. The molecule has 88 valence electrons. The van der Waals surface area contributed by atoms with Crippen LogP contribution in [0.4, 0.5) is 11.6 Å². The van der Waals surface area contributed by atoms with Crippen LogP contribution in [0.1, 0.15) is 13.3 Å². The van der Waals surface area contributed by atoms with Crippen LogP contribution in [0.2, 0.25) is 0 Å². The van der Waals surface area contributed by atoms with E-state index in [9.17, 15) is 0 Å². The summed E-state index contributed by atoms with van der Waals surface area (Å²) in [5, 5.41) is 3.06. The fourth-order valence-electron chi connectivity index (χ4n) is 1.94. The van der Waals surface area contributed by atoms with Gasteiger partial charge in [0.25, 0.3) is 0 Å². The van der Waals surface area contributed by atoms with Gasteiger partial charge in [0.2, 0.25) is 0 Å². The van der Waals surface area contributed by atoms with Crippen LogP contribution in [0.5, 0.6) is 0 Å². The van der Waals surface area contributed by atoms with Gasteiger partial charge in [-0.05, 0) is 25.5 Å². The molecule has 1 atom stereocenters. The SMILES string of the molecule is CNc1cccc(N2CCCOC(C)C2)n1. The minimum Gasteiger partial charge on any atom is -0.377 e. The lowest BCUT2D eigenvalue weighted by atomic mass is 10.3. The van der Waals surface area contributed by atoms with E-state index in [2.05, 4.69) is 28.2 Å². The van der Waals surface area contributed by atoms with E-state index in [1.54, 1.807) is 0 Å². The summed E-state index contributed by atoms with van der Waals surface area (Å²) in [7, 11) is 1.89. The summed E-state index contributed by atoms with van der Waals surface area (Å²) in [4.78, 5) is 6.84. The second kappa shape index (κ2) is 5.16. The Morgan fingerprint density at radius 3 is 3.19 bits per heavy atom. The Morgan fingerprint density at radius 1 is 1.50 bits per heavy atom. The zero-order valence-corrected chi connectivity index (χ0v) is 9.94. The molecule has 4 nitrogen and oxygen atoms in total. The first kappa shape index (κ1) is 11.2. The van der Waals surface area contributed by atoms with E-state index in [1.807, 2.05) is 19.2 Å².